The van der Waals surface area contributed by atoms with E-state index in [1.165, 1.54) is 77.0 Å². The molecule has 1 saturated heterocycles. The van der Waals surface area contributed by atoms with Gasteiger partial charge >= 0.3 is 10.4 Å². The summed E-state index contributed by atoms with van der Waals surface area (Å²) in [4.78, 5) is 12.4. The number of nitrogens with one attached hydrogen (secondary N) is 2. The van der Waals surface area contributed by atoms with Crippen molar-refractivity contribution in [2.24, 2.45) is 5.92 Å². The summed E-state index contributed by atoms with van der Waals surface area (Å²) in [5.74, 6) is 0.609. The number of rotatable bonds is 18. The Hall–Kier alpha value is -0.800. The van der Waals surface area contributed by atoms with Crippen molar-refractivity contribution in [1.82, 2.24) is 10.6 Å². The third-order valence-corrected chi connectivity index (χ3v) is 6.20. The van der Waals surface area contributed by atoms with Gasteiger partial charge in [-0.3, -0.25) is 24.2 Å². The Morgan fingerprint density at radius 3 is 1.88 bits per heavy atom. The second-order valence-electron chi connectivity index (χ2n) is 8.46. The van der Waals surface area contributed by atoms with E-state index in [2.05, 4.69) is 40.8 Å². The monoisotopic (exact) mass is 476 g/mol. The van der Waals surface area contributed by atoms with Crippen LogP contribution in [0.1, 0.15) is 104 Å². The minimum atomic E-state index is -4.16. The van der Waals surface area contributed by atoms with Crippen LogP contribution in [-0.2, 0) is 19.4 Å². The van der Waals surface area contributed by atoms with Crippen LogP contribution in [0.25, 0.3) is 0 Å². The summed E-state index contributed by atoms with van der Waals surface area (Å²) in [6.45, 7) is 6.25. The molecular formula is C24H48N2O5S. The molecule has 0 saturated carbocycles. The first kappa shape index (κ1) is 31.2. The standard InChI is InChI=1S/C23H44N2O.CH4O4S/c1-3-5-6-7-8-9-10-11-12-13-14-15-16-17-18-21(4-2)22(26)23-24-19-20-25-23;1-5-6(2,3)4/h11-12,21,23-25H,3-10,13-20H2,1-2H3;1H3,(H,2,3,4)/b12-11-;. The summed E-state index contributed by atoms with van der Waals surface area (Å²) in [7, 11) is -3.29. The molecule has 1 unspecified atom stereocenters. The van der Waals surface area contributed by atoms with Crippen molar-refractivity contribution >= 4 is 16.2 Å². The normalized spacial score (nSPS) is 15.6. The molecule has 1 aliphatic heterocycles. The number of ketones is 1. The Labute approximate surface area is 197 Å². The molecule has 8 heteroatoms. The molecule has 0 bridgehead atoms. The number of hydrogen-bond donors (Lipinski definition) is 3. The van der Waals surface area contributed by atoms with Crippen LogP contribution in [0.2, 0.25) is 0 Å². The largest absolute Gasteiger partial charge is 0.397 e. The molecule has 1 aliphatic rings. The molecule has 0 amide bonds. The molecule has 1 rings (SSSR count). The van der Waals surface area contributed by atoms with Crippen molar-refractivity contribution in [3.8, 4) is 0 Å². The van der Waals surface area contributed by atoms with Crippen molar-refractivity contribution in [1.29, 1.82) is 0 Å². The van der Waals surface area contributed by atoms with Gasteiger partial charge in [0.2, 0.25) is 0 Å². The predicted molar refractivity (Wildman–Crippen MR) is 132 cm³/mol. The number of allylic oxidation sites excluding steroid dienone is 2. The quantitative estimate of drug-likeness (QED) is 0.142. The number of hydrogen-bond acceptors (Lipinski definition) is 6. The lowest BCUT2D eigenvalue weighted by Gasteiger charge is -2.18. The van der Waals surface area contributed by atoms with Crippen molar-refractivity contribution in [3.63, 3.8) is 0 Å². The van der Waals surface area contributed by atoms with Gasteiger partial charge in [0.15, 0.2) is 5.78 Å². The molecule has 7 nitrogen and oxygen atoms in total. The second kappa shape index (κ2) is 20.8. The van der Waals surface area contributed by atoms with E-state index in [0.29, 0.717) is 5.78 Å². The van der Waals surface area contributed by atoms with Crippen LogP contribution < -0.4 is 10.6 Å². The zero-order chi connectivity index (χ0) is 24.1. The summed E-state index contributed by atoms with van der Waals surface area (Å²) < 4.78 is 29.7. The Bertz CT molecular complexity index is 575. The molecule has 32 heavy (non-hydrogen) atoms. The van der Waals surface area contributed by atoms with Gasteiger partial charge in [-0.15, -0.1) is 0 Å². The third-order valence-electron chi connectivity index (χ3n) is 5.78. The Morgan fingerprint density at radius 1 is 0.938 bits per heavy atom. The molecule has 0 aromatic heterocycles. The highest BCUT2D eigenvalue weighted by atomic mass is 32.3. The molecule has 0 aliphatic carbocycles. The molecule has 0 radical (unpaired) electrons. The number of Topliss-reactive ketones (excluding diaryl/α,β-unsaturated/α-hetero) is 1. The fourth-order valence-electron chi connectivity index (χ4n) is 3.77. The summed E-state index contributed by atoms with van der Waals surface area (Å²) >= 11 is 0. The third kappa shape index (κ3) is 18.7. The maximum atomic E-state index is 12.4. The number of carbonyl (C=O) groups is 1. The van der Waals surface area contributed by atoms with E-state index in [1.54, 1.807) is 0 Å². The molecule has 0 aromatic rings. The lowest BCUT2D eigenvalue weighted by molar-refractivity contribution is -0.125. The van der Waals surface area contributed by atoms with Gasteiger partial charge in [-0.05, 0) is 38.5 Å². The van der Waals surface area contributed by atoms with Crippen molar-refractivity contribution < 1.29 is 21.9 Å². The summed E-state index contributed by atoms with van der Waals surface area (Å²) in [6, 6.07) is 0. The molecule has 1 atom stereocenters. The summed E-state index contributed by atoms with van der Waals surface area (Å²) in [5, 5.41) is 6.51. The molecule has 0 spiro atoms. The van der Waals surface area contributed by atoms with Crippen LogP contribution in [0.3, 0.4) is 0 Å². The molecule has 0 aromatic carbocycles. The topological polar surface area (TPSA) is 105 Å². The Kier molecular flexibility index (Phi) is 20.3. The number of unbranched alkanes of at least 4 members (excludes halogenated alkanes) is 10. The average molecular weight is 477 g/mol. The summed E-state index contributed by atoms with van der Waals surface area (Å²) in [5.41, 5.74) is 0. The van der Waals surface area contributed by atoms with Gasteiger partial charge in [0.1, 0.15) is 6.17 Å². The Balaban J connectivity index is 0.00000140. The smallest absolute Gasteiger partial charge is 0.296 e. The van der Waals surface area contributed by atoms with E-state index >= 15 is 0 Å². The number of carbonyl (C=O) groups excluding carboxylic acids is 1. The fourth-order valence-corrected chi connectivity index (χ4v) is 3.77. The highest BCUT2D eigenvalue weighted by molar-refractivity contribution is 7.80. The SMILES string of the molecule is CCCCCCCC/C=C\CCCCCCC(CC)C(=O)C1NCCN1.COS(=O)(=O)O. The van der Waals surface area contributed by atoms with E-state index in [9.17, 15) is 13.2 Å². The molecule has 3 N–H and O–H groups in total. The van der Waals surface area contributed by atoms with Crippen LogP contribution in [0.15, 0.2) is 12.2 Å². The van der Waals surface area contributed by atoms with E-state index in [4.69, 9.17) is 4.55 Å². The van der Waals surface area contributed by atoms with Crippen LogP contribution >= 0.6 is 0 Å². The van der Waals surface area contributed by atoms with Gasteiger partial charge in [-0.1, -0.05) is 77.4 Å². The van der Waals surface area contributed by atoms with Crippen molar-refractivity contribution in [3.05, 3.63) is 12.2 Å². The minimum Gasteiger partial charge on any atom is -0.296 e. The average Bonchev–Trinajstić information content (AvgIpc) is 3.31. The van der Waals surface area contributed by atoms with E-state index in [0.717, 1.165) is 33.0 Å². The first-order chi connectivity index (χ1) is 15.4. The van der Waals surface area contributed by atoms with E-state index in [-0.39, 0.29) is 12.1 Å². The molecular weight excluding hydrogens is 428 g/mol. The highest BCUT2D eigenvalue weighted by Gasteiger charge is 2.27. The first-order valence-corrected chi connectivity index (χ1v) is 13.9. The minimum absolute atomic E-state index is 0.0864. The van der Waals surface area contributed by atoms with Crippen LogP contribution in [0.5, 0.6) is 0 Å². The fraction of sp³-hybridized carbons (Fsp3) is 0.875. The second-order valence-corrected chi connectivity index (χ2v) is 9.65. The zero-order valence-electron chi connectivity index (χ0n) is 20.6. The van der Waals surface area contributed by atoms with Gasteiger partial charge < -0.3 is 0 Å². The van der Waals surface area contributed by atoms with Gasteiger partial charge in [-0.25, -0.2) is 0 Å². The van der Waals surface area contributed by atoms with Crippen LogP contribution in [-0.4, -0.2) is 45.1 Å². The summed E-state index contributed by atoms with van der Waals surface area (Å²) in [6.07, 6.45) is 22.6. The molecule has 1 heterocycles. The van der Waals surface area contributed by atoms with Gasteiger partial charge in [0.25, 0.3) is 0 Å². The predicted octanol–water partition coefficient (Wildman–Crippen LogP) is 5.18. The maximum Gasteiger partial charge on any atom is 0.397 e. The zero-order valence-corrected chi connectivity index (χ0v) is 21.4. The first-order valence-electron chi connectivity index (χ1n) is 12.5. The maximum absolute atomic E-state index is 12.4. The van der Waals surface area contributed by atoms with E-state index in [1.807, 2.05) is 0 Å². The lowest BCUT2D eigenvalue weighted by atomic mass is 9.92. The van der Waals surface area contributed by atoms with Crippen molar-refractivity contribution in [2.75, 3.05) is 20.2 Å². The van der Waals surface area contributed by atoms with Crippen molar-refractivity contribution in [2.45, 2.75) is 110 Å². The van der Waals surface area contributed by atoms with Gasteiger partial charge in [-0.2, -0.15) is 8.42 Å². The van der Waals surface area contributed by atoms with Gasteiger partial charge in [0, 0.05) is 19.0 Å². The van der Waals surface area contributed by atoms with Gasteiger partial charge in [0.05, 0.1) is 7.11 Å². The highest BCUT2D eigenvalue weighted by Crippen LogP contribution is 2.17. The van der Waals surface area contributed by atoms with Crippen LogP contribution in [0, 0.1) is 5.92 Å². The Morgan fingerprint density at radius 2 is 1.41 bits per heavy atom. The molecule has 1 fully saturated rings. The van der Waals surface area contributed by atoms with Crippen LogP contribution in [0.4, 0.5) is 0 Å². The molecule has 190 valence electrons. The lowest BCUT2D eigenvalue weighted by Crippen LogP contribution is -2.42. The van der Waals surface area contributed by atoms with E-state index < -0.39 is 10.4 Å².